The van der Waals surface area contributed by atoms with E-state index in [1.165, 1.54) is 38.8 Å². The van der Waals surface area contributed by atoms with Gasteiger partial charge in [-0.3, -0.25) is 0 Å². The Hall–Kier alpha value is -0.0400. The van der Waals surface area contributed by atoms with Gasteiger partial charge in [-0.25, -0.2) is 0 Å². The second-order valence-corrected chi connectivity index (χ2v) is 3.44. The minimum Gasteiger partial charge on any atom is -0.316 e. The number of hydrogen-bond acceptors (Lipinski definition) is 1. The van der Waals surface area contributed by atoms with Gasteiger partial charge >= 0.3 is 0 Å². The van der Waals surface area contributed by atoms with Crippen molar-refractivity contribution >= 4 is 0 Å². The molecule has 1 heterocycles. The molecule has 2 aliphatic rings. The fourth-order valence-electron chi connectivity index (χ4n) is 2.06. The van der Waals surface area contributed by atoms with Crippen LogP contribution in [0.25, 0.3) is 0 Å². The monoisotopic (exact) mass is 125 g/mol. The normalized spacial score (nSPS) is 42.7. The molecule has 2 rings (SSSR count). The molecule has 2 atom stereocenters. The first-order valence-electron chi connectivity index (χ1n) is 4.17. The van der Waals surface area contributed by atoms with Crippen LogP contribution in [0, 0.1) is 11.8 Å². The van der Waals surface area contributed by atoms with E-state index in [9.17, 15) is 0 Å². The summed E-state index contributed by atoms with van der Waals surface area (Å²) in [5.41, 5.74) is 0. The maximum atomic E-state index is 3.48. The summed E-state index contributed by atoms with van der Waals surface area (Å²) in [4.78, 5) is 0. The maximum absolute atomic E-state index is 3.48. The molecule has 52 valence electrons. The second-order valence-electron chi connectivity index (χ2n) is 3.44. The molecule has 1 nitrogen and oxygen atoms in total. The first kappa shape index (κ1) is 5.72. The minimum absolute atomic E-state index is 1.06. The van der Waals surface area contributed by atoms with Crippen LogP contribution in [0.1, 0.15) is 25.7 Å². The van der Waals surface area contributed by atoms with Crippen molar-refractivity contribution < 1.29 is 0 Å². The fourth-order valence-corrected chi connectivity index (χ4v) is 2.06. The van der Waals surface area contributed by atoms with Gasteiger partial charge in [-0.15, -0.1) is 0 Å². The highest BCUT2D eigenvalue weighted by Gasteiger charge is 2.30. The lowest BCUT2D eigenvalue weighted by molar-refractivity contribution is 0.177. The summed E-state index contributed by atoms with van der Waals surface area (Å²) in [7, 11) is 0. The van der Waals surface area contributed by atoms with Crippen LogP contribution >= 0.6 is 0 Å². The van der Waals surface area contributed by atoms with E-state index < -0.39 is 0 Å². The van der Waals surface area contributed by atoms with Crippen LogP contribution < -0.4 is 5.32 Å². The molecule has 1 heteroatoms. The highest BCUT2D eigenvalue weighted by atomic mass is 14.9. The number of fused-ring (bicyclic) bond motifs is 1. The SMILES string of the molecule is C1CNCC2CCC2C1. The first-order valence-corrected chi connectivity index (χ1v) is 4.17. The second kappa shape index (κ2) is 2.30. The Kier molecular flexibility index (Phi) is 1.46. The van der Waals surface area contributed by atoms with Crippen LogP contribution in [-0.4, -0.2) is 13.1 Å². The summed E-state index contributed by atoms with van der Waals surface area (Å²) in [6, 6.07) is 0. The largest absolute Gasteiger partial charge is 0.316 e. The van der Waals surface area contributed by atoms with E-state index in [1.807, 2.05) is 0 Å². The summed E-state index contributed by atoms with van der Waals surface area (Å²) >= 11 is 0. The van der Waals surface area contributed by atoms with Crippen LogP contribution in [0.2, 0.25) is 0 Å². The van der Waals surface area contributed by atoms with Gasteiger partial charge in [0.05, 0.1) is 0 Å². The first-order chi connectivity index (χ1) is 4.47. The van der Waals surface area contributed by atoms with E-state index in [-0.39, 0.29) is 0 Å². The van der Waals surface area contributed by atoms with Crippen molar-refractivity contribution in [1.82, 2.24) is 5.32 Å². The summed E-state index contributed by atoms with van der Waals surface area (Å²) < 4.78 is 0. The van der Waals surface area contributed by atoms with Gasteiger partial charge < -0.3 is 5.32 Å². The van der Waals surface area contributed by atoms with Crippen LogP contribution in [0.15, 0.2) is 0 Å². The topological polar surface area (TPSA) is 12.0 Å². The Bertz CT molecular complexity index is 88.7. The van der Waals surface area contributed by atoms with Crippen molar-refractivity contribution in [3.63, 3.8) is 0 Å². The lowest BCUT2D eigenvalue weighted by Gasteiger charge is -2.34. The molecule has 0 bridgehead atoms. The summed E-state index contributed by atoms with van der Waals surface area (Å²) in [6.07, 6.45) is 5.93. The van der Waals surface area contributed by atoms with E-state index >= 15 is 0 Å². The van der Waals surface area contributed by atoms with Gasteiger partial charge in [0.2, 0.25) is 0 Å². The molecular weight excluding hydrogens is 110 g/mol. The van der Waals surface area contributed by atoms with E-state index in [0.29, 0.717) is 0 Å². The predicted octanol–water partition coefficient (Wildman–Crippen LogP) is 1.40. The van der Waals surface area contributed by atoms with Crippen molar-refractivity contribution in [2.45, 2.75) is 25.7 Å². The van der Waals surface area contributed by atoms with E-state index in [1.54, 1.807) is 0 Å². The van der Waals surface area contributed by atoms with E-state index in [4.69, 9.17) is 0 Å². The smallest absolute Gasteiger partial charge is 0.00179 e. The fraction of sp³-hybridized carbons (Fsp3) is 1.00. The average Bonchev–Trinajstić information content (AvgIpc) is 1.94. The summed E-state index contributed by atoms with van der Waals surface area (Å²) in [5.74, 6) is 2.17. The van der Waals surface area contributed by atoms with Crippen molar-refractivity contribution in [3.05, 3.63) is 0 Å². The molecule has 0 spiro atoms. The quantitative estimate of drug-likeness (QED) is 0.516. The predicted molar refractivity (Wildman–Crippen MR) is 38.3 cm³/mol. The van der Waals surface area contributed by atoms with Gasteiger partial charge in [0.1, 0.15) is 0 Å². The molecule has 0 aromatic rings. The highest BCUT2D eigenvalue weighted by Crippen LogP contribution is 2.37. The van der Waals surface area contributed by atoms with Crippen molar-refractivity contribution in [1.29, 1.82) is 0 Å². The number of nitrogens with one attached hydrogen (secondary N) is 1. The Labute approximate surface area is 56.8 Å². The van der Waals surface area contributed by atoms with E-state index in [0.717, 1.165) is 11.8 Å². The molecule has 0 radical (unpaired) electrons. The van der Waals surface area contributed by atoms with E-state index in [2.05, 4.69) is 5.32 Å². The Morgan fingerprint density at radius 3 is 2.67 bits per heavy atom. The molecule has 1 aliphatic carbocycles. The Morgan fingerprint density at radius 2 is 1.89 bits per heavy atom. The zero-order valence-corrected chi connectivity index (χ0v) is 5.90. The summed E-state index contributed by atoms with van der Waals surface area (Å²) in [5, 5.41) is 3.48. The molecule has 9 heavy (non-hydrogen) atoms. The van der Waals surface area contributed by atoms with Gasteiger partial charge in [-0.1, -0.05) is 0 Å². The number of rotatable bonds is 0. The third-order valence-corrected chi connectivity index (χ3v) is 2.91. The molecule has 0 amide bonds. The van der Waals surface area contributed by atoms with Crippen LogP contribution in [-0.2, 0) is 0 Å². The van der Waals surface area contributed by atoms with Crippen LogP contribution in [0.3, 0.4) is 0 Å². The lowest BCUT2D eigenvalue weighted by atomic mass is 9.72. The molecule has 1 N–H and O–H groups in total. The highest BCUT2D eigenvalue weighted by molar-refractivity contribution is 4.84. The van der Waals surface area contributed by atoms with Crippen LogP contribution in [0.5, 0.6) is 0 Å². The standard InChI is InChI=1S/C8H15N/c1-2-7-3-4-8(7)6-9-5-1/h7-9H,1-6H2. The Balaban J connectivity index is 1.90. The van der Waals surface area contributed by atoms with Crippen molar-refractivity contribution in [3.8, 4) is 0 Å². The average molecular weight is 125 g/mol. The molecule has 2 unspecified atom stereocenters. The molecular formula is C8H15N. The molecule has 1 aliphatic heterocycles. The van der Waals surface area contributed by atoms with Gasteiger partial charge in [0.25, 0.3) is 0 Å². The third-order valence-electron chi connectivity index (χ3n) is 2.91. The van der Waals surface area contributed by atoms with Crippen molar-refractivity contribution in [2.75, 3.05) is 13.1 Å². The lowest BCUT2D eigenvalue weighted by Crippen LogP contribution is -2.31. The van der Waals surface area contributed by atoms with Gasteiger partial charge in [-0.05, 0) is 50.6 Å². The minimum atomic E-state index is 1.06. The number of hydrogen-bond donors (Lipinski definition) is 1. The maximum Gasteiger partial charge on any atom is -0.00179 e. The van der Waals surface area contributed by atoms with Gasteiger partial charge in [0.15, 0.2) is 0 Å². The zero-order valence-electron chi connectivity index (χ0n) is 5.90. The van der Waals surface area contributed by atoms with Crippen molar-refractivity contribution in [2.24, 2.45) is 11.8 Å². The zero-order chi connectivity index (χ0) is 6.10. The molecule has 0 aromatic heterocycles. The molecule has 1 saturated heterocycles. The summed E-state index contributed by atoms with van der Waals surface area (Å²) in [6.45, 7) is 2.58. The van der Waals surface area contributed by atoms with Gasteiger partial charge in [0, 0.05) is 0 Å². The molecule has 1 saturated carbocycles. The molecule has 0 aromatic carbocycles. The molecule has 2 fully saturated rings. The third kappa shape index (κ3) is 0.983. The van der Waals surface area contributed by atoms with Gasteiger partial charge in [-0.2, -0.15) is 0 Å². The van der Waals surface area contributed by atoms with Crippen LogP contribution in [0.4, 0.5) is 0 Å². The Morgan fingerprint density at radius 1 is 1.00 bits per heavy atom.